The summed E-state index contributed by atoms with van der Waals surface area (Å²) in [5, 5.41) is 22.3. The van der Waals surface area contributed by atoms with Crippen molar-refractivity contribution in [3.63, 3.8) is 0 Å². The Morgan fingerprint density at radius 1 is 0.588 bits per heavy atom. The van der Waals surface area contributed by atoms with Crippen LogP contribution in [0.15, 0.2) is 97.1 Å². The number of amides is 4. The van der Waals surface area contributed by atoms with Crippen LogP contribution in [-0.2, 0) is 45.0 Å². The van der Waals surface area contributed by atoms with E-state index in [2.05, 4.69) is 0 Å². The van der Waals surface area contributed by atoms with Gasteiger partial charge in [-0.1, -0.05) is 67.6 Å². The minimum Gasteiger partial charge on any atom is -0.444 e. The molecular formula is C51H63F4N5O8. The highest BCUT2D eigenvalue weighted by Gasteiger charge is 2.46. The summed E-state index contributed by atoms with van der Waals surface area (Å²) in [7, 11) is 0. The first-order chi connectivity index (χ1) is 31.9. The van der Waals surface area contributed by atoms with Gasteiger partial charge in [-0.05, 0) is 107 Å². The Morgan fingerprint density at radius 3 is 1.31 bits per heavy atom. The Morgan fingerprint density at radius 2 is 0.941 bits per heavy atom. The molecule has 368 valence electrons. The van der Waals surface area contributed by atoms with Crippen molar-refractivity contribution < 1.29 is 56.4 Å². The van der Waals surface area contributed by atoms with Gasteiger partial charge in [0.2, 0.25) is 11.8 Å². The van der Waals surface area contributed by atoms with Crippen molar-refractivity contribution in [2.45, 2.75) is 116 Å². The molecule has 4 aromatic rings. The third kappa shape index (κ3) is 15.0. The van der Waals surface area contributed by atoms with Crippen LogP contribution in [0, 0.1) is 29.2 Å². The molecule has 6 atom stereocenters. The fourth-order valence-corrected chi connectivity index (χ4v) is 8.12. The van der Waals surface area contributed by atoms with Crippen molar-refractivity contribution in [3.8, 4) is 0 Å². The van der Waals surface area contributed by atoms with Gasteiger partial charge >= 0.3 is 12.2 Å². The highest BCUT2D eigenvalue weighted by Crippen LogP contribution is 2.27. The van der Waals surface area contributed by atoms with Crippen molar-refractivity contribution >= 4 is 24.0 Å². The molecule has 4 N–H and O–H groups in total. The lowest BCUT2D eigenvalue weighted by atomic mass is 9.89. The number of nitrogens with zero attached hydrogens (tertiary/aromatic N) is 4. The number of ether oxygens (including phenoxy) is 2. The van der Waals surface area contributed by atoms with Gasteiger partial charge in [-0.3, -0.25) is 19.4 Å². The van der Waals surface area contributed by atoms with Gasteiger partial charge in [0.15, 0.2) is 0 Å². The summed E-state index contributed by atoms with van der Waals surface area (Å²) in [6.07, 6.45) is -4.17. The normalized spacial score (nSPS) is 18.6. The van der Waals surface area contributed by atoms with Gasteiger partial charge in [0.05, 0.1) is 12.2 Å². The summed E-state index contributed by atoms with van der Waals surface area (Å²) in [5.41, 5.74) is 7.02. The first-order valence-corrected chi connectivity index (χ1v) is 22.6. The van der Waals surface area contributed by atoms with Crippen LogP contribution < -0.4 is 5.73 Å². The fraction of sp³-hybridized carbons (Fsp3) is 0.451. The lowest BCUT2D eigenvalue weighted by Gasteiger charge is -2.43. The number of rotatable bonds is 12. The molecule has 2 heterocycles. The van der Waals surface area contributed by atoms with Crippen LogP contribution in [0.4, 0.5) is 27.2 Å². The van der Waals surface area contributed by atoms with Crippen LogP contribution in [-0.4, -0.2) is 122 Å². The zero-order valence-corrected chi connectivity index (χ0v) is 39.6. The fourth-order valence-electron chi connectivity index (χ4n) is 8.12. The van der Waals surface area contributed by atoms with Gasteiger partial charge in [-0.15, -0.1) is 0 Å². The number of piperazine rings is 2. The van der Waals surface area contributed by atoms with Crippen molar-refractivity contribution in [3.05, 3.63) is 143 Å². The third-order valence-electron chi connectivity index (χ3n) is 11.3. The van der Waals surface area contributed by atoms with E-state index >= 15 is 0 Å². The van der Waals surface area contributed by atoms with Crippen LogP contribution in [0.5, 0.6) is 0 Å². The molecule has 2 fully saturated rings. The number of hydrogen-bond acceptors (Lipinski definition) is 9. The van der Waals surface area contributed by atoms with Gasteiger partial charge in [0, 0.05) is 57.4 Å². The number of halogens is 4. The Balaban J connectivity index is 0.000000254. The van der Waals surface area contributed by atoms with E-state index in [9.17, 15) is 47.0 Å². The van der Waals surface area contributed by atoms with Gasteiger partial charge in [0.25, 0.3) is 0 Å². The molecule has 4 aromatic carbocycles. The molecule has 4 amide bonds. The van der Waals surface area contributed by atoms with Crippen LogP contribution in [0.2, 0.25) is 0 Å². The average Bonchev–Trinajstić information content (AvgIpc) is 3.23. The molecular weight excluding hydrogens is 887 g/mol. The highest BCUT2D eigenvalue weighted by molar-refractivity contribution is 5.88. The second kappa shape index (κ2) is 22.8. The quantitative estimate of drug-likeness (QED) is 0.127. The maximum absolute atomic E-state index is 13.6. The van der Waals surface area contributed by atoms with E-state index in [-0.39, 0.29) is 38.0 Å². The number of nitrogens with two attached hydrogens (primary N) is 1. The molecule has 17 heteroatoms. The topological polar surface area (TPSA) is 166 Å². The van der Waals surface area contributed by atoms with Crippen molar-refractivity contribution in [2.24, 2.45) is 11.7 Å². The zero-order valence-electron chi connectivity index (χ0n) is 39.6. The van der Waals surface area contributed by atoms with Crippen LogP contribution in [0.25, 0.3) is 0 Å². The molecule has 0 bridgehead atoms. The molecule has 0 radical (unpaired) electrons. The molecule has 6 rings (SSSR count). The van der Waals surface area contributed by atoms with E-state index in [1.54, 1.807) is 58.3 Å². The molecule has 2 saturated heterocycles. The Kier molecular flexibility index (Phi) is 17.8. The van der Waals surface area contributed by atoms with E-state index in [4.69, 9.17) is 15.2 Å². The lowest BCUT2D eigenvalue weighted by Crippen LogP contribution is -2.65. The van der Waals surface area contributed by atoms with Crippen molar-refractivity contribution in [1.29, 1.82) is 0 Å². The summed E-state index contributed by atoms with van der Waals surface area (Å²) in [6.45, 7) is 13.5. The van der Waals surface area contributed by atoms with Crippen LogP contribution >= 0.6 is 0 Å². The Hall–Kier alpha value is -6.04. The van der Waals surface area contributed by atoms with Gasteiger partial charge in [0.1, 0.15) is 46.6 Å². The first-order valence-electron chi connectivity index (χ1n) is 22.6. The average molecular weight is 950 g/mol. The van der Waals surface area contributed by atoms with Gasteiger partial charge in [-0.2, -0.15) is 0 Å². The monoisotopic (exact) mass is 949 g/mol. The number of carbonyl (C=O) groups excluding carboxylic acids is 4. The molecule has 2 aliphatic heterocycles. The summed E-state index contributed by atoms with van der Waals surface area (Å²) in [6, 6.07) is 21.4. The molecule has 68 heavy (non-hydrogen) atoms. The van der Waals surface area contributed by atoms with Crippen molar-refractivity contribution in [2.75, 3.05) is 26.2 Å². The minimum absolute atomic E-state index is 0.0968. The zero-order chi connectivity index (χ0) is 50.1. The molecule has 0 saturated carbocycles. The van der Waals surface area contributed by atoms with Crippen LogP contribution in [0.1, 0.15) is 70.7 Å². The Bertz CT molecular complexity index is 2150. The van der Waals surface area contributed by atoms with E-state index < -0.39 is 94.7 Å². The number of hydrogen-bond donors (Lipinski definition) is 3. The molecule has 2 aliphatic rings. The maximum atomic E-state index is 13.6. The molecule has 0 aromatic heterocycles. The smallest absolute Gasteiger partial charge is 0.411 e. The van der Waals surface area contributed by atoms with Gasteiger partial charge in [-0.25, -0.2) is 27.2 Å². The third-order valence-corrected chi connectivity index (χ3v) is 11.3. The lowest BCUT2D eigenvalue weighted by molar-refractivity contribution is -0.149. The molecule has 13 nitrogen and oxygen atoms in total. The van der Waals surface area contributed by atoms with Gasteiger partial charge < -0.3 is 35.2 Å². The SMILES string of the molecule is CC(C)(C)OC(=O)N1CCN(Cc2ccccc2)C(=O)[C@@H]1[C@@H](O)C(N)Cc1cc(F)cc(F)c1.CC(Cc1cc(F)cc(F)c1)[C@H](O)[C@H]1C(=O)N(Cc2ccccc2)CCN1C(=O)OC(C)(C)C. The summed E-state index contributed by atoms with van der Waals surface area (Å²) in [5.74, 6) is -4.41. The number of benzene rings is 4. The maximum Gasteiger partial charge on any atom is 0.411 e. The summed E-state index contributed by atoms with van der Waals surface area (Å²) in [4.78, 5) is 58.4. The summed E-state index contributed by atoms with van der Waals surface area (Å²) >= 11 is 0. The van der Waals surface area contributed by atoms with Crippen LogP contribution in [0.3, 0.4) is 0 Å². The van der Waals surface area contributed by atoms with E-state index in [1.165, 1.54) is 21.9 Å². The predicted octanol–water partition coefficient (Wildman–Crippen LogP) is 7.00. The Labute approximate surface area is 395 Å². The molecule has 2 unspecified atom stereocenters. The number of aliphatic hydroxyl groups excluding tert-OH is 2. The van der Waals surface area contributed by atoms with E-state index in [0.717, 1.165) is 35.4 Å². The number of carbonyl (C=O) groups is 4. The molecule has 0 spiro atoms. The van der Waals surface area contributed by atoms with E-state index in [1.807, 2.05) is 60.7 Å². The standard InChI is InChI=1S/C26H32F2N2O4.C25H31F2N3O4/c1-17(12-19-13-20(27)15-21(28)14-19)23(31)22-24(32)29(16-18-8-6-5-7-9-18)10-11-30(22)25(33)34-26(2,3)4;1-25(2,3)34-24(33)30-10-9-29(15-16-7-5-4-6-8-16)23(32)21(30)22(31)20(28)13-17-11-18(26)14-19(27)12-17/h5-9,13-15,17,22-23,31H,10-12,16H2,1-4H3;4-8,11-12,14,20-22,31H,9-10,13,15,28H2,1-3H3/t17?,22-,23-;20?,21-,22-/m00/s1. The second-order valence-electron chi connectivity index (χ2n) is 19.3. The second-order valence-corrected chi connectivity index (χ2v) is 19.3. The first kappa shape index (κ1) is 52.9. The highest BCUT2D eigenvalue weighted by atomic mass is 19.1. The van der Waals surface area contributed by atoms with E-state index in [0.29, 0.717) is 25.2 Å². The predicted molar refractivity (Wildman–Crippen MR) is 246 cm³/mol. The minimum atomic E-state index is -1.50. The number of aliphatic hydroxyl groups is 2. The largest absolute Gasteiger partial charge is 0.444 e. The summed E-state index contributed by atoms with van der Waals surface area (Å²) < 4.78 is 65.5. The van der Waals surface area contributed by atoms with Crippen molar-refractivity contribution in [1.82, 2.24) is 19.6 Å². The molecule has 0 aliphatic carbocycles.